The van der Waals surface area contributed by atoms with Gasteiger partial charge in [-0.2, -0.15) is 0 Å². The number of hydrogen-bond donors (Lipinski definition) is 1. The summed E-state index contributed by atoms with van der Waals surface area (Å²) in [4.78, 5) is 0. The molecule has 0 aromatic heterocycles. The number of methoxy groups -OCH3 is 1. The summed E-state index contributed by atoms with van der Waals surface area (Å²) in [7, 11) is 1.70. The maximum absolute atomic E-state index is 6.00. The molecule has 2 N–H and O–H groups in total. The van der Waals surface area contributed by atoms with Gasteiger partial charge in [0.25, 0.3) is 0 Å². The molecule has 1 aromatic rings. The van der Waals surface area contributed by atoms with Crippen LogP contribution in [-0.4, -0.2) is 7.11 Å². The predicted octanol–water partition coefficient (Wildman–Crippen LogP) is 2.45. The zero-order chi connectivity index (χ0) is 9.26. The summed E-state index contributed by atoms with van der Waals surface area (Å²) >= 11 is 0. The lowest BCUT2D eigenvalue weighted by molar-refractivity contribution is 0.413. The first-order valence-electron chi connectivity index (χ1n) is 4.73. The Morgan fingerprint density at radius 2 is 2.21 bits per heavy atom. The Balaban J connectivity index is 0.000000980. The van der Waals surface area contributed by atoms with E-state index in [-0.39, 0.29) is 18.4 Å². The highest BCUT2D eigenvalue weighted by atomic mass is 35.5. The van der Waals surface area contributed by atoms with Crippen molar-refractivity contribution in [3.8, 4) is 5.75 Å². The second-order valence-corrected chi connectivity index (χ2v) is 3.56. The van der Waals surface area contributed by atoms with Crippen LogP contribution in [0.4, 0.5) is 0 Å². The minimum atomic E-state index is 0. The van der Waals surface area contributed by atoms with Crippen molar-refractivity contribution in [1.82, 2.24) is 0 Å². The van der Waals surface area contributed by atoms with Crippen LogP contribution in [0.2, 0.25) is 0 Å². The van der Waals surface area contributed by atoms with E-state index in [0.29, 0.717) is 0 Å². The first kappa shape index (κ1) is 11.3. The van der Waals surface area contributed by atoms with E-state index in [2.05, 4.69) is 12.1 Å². The van der Waals surface area contributed by atoms with Gasteiger partial charge in [0, 0.05) is 6.04 Å². The Hall–Kier alpha value is -0.730. The summed E-state index contributed by atoms with van der Waals surface area (Å²) in [5.41, 5.74) is 8.65. The van der Waals surface area contributed by atoms with Crippen LogP contribution in [0.15, 0.2) is 18.2 Å². The topological polar surface area (TPSA) is 35.2 Å². The van der Waals surface area contributed by atoms with Gasteiger partial charge in [0.2, 0.25) is 0 Å². The molecule has 1 aliphatic carbocycles. The van der Waals surface area contributed by atoms with Crippen molar-refractivity contribution in [2.45, 2.75) is 25.3 Å². The molecule has 0 spiro atoms. The largest absolute Gasteiger partial charge is 0.497 e. The highest BCUT2D eigenvalue weighted by Crippen LogP contribution is 2.30. The molecule has 0 saturated carbocycles. The number of aryl methyl sites for hydroxylation is 1. The van der Waals surface area contributed by atoms with Crippen LogP contribution in [0.1, 0.15) is 30.0 Å². The van der Waals surface area contributed by atoms with Crippen LogP contribution in [0.5, 0.6) is 5.75 Å². The van der Waals surface area contributed by atoms with Crippen molar-refractivity contribution in [1.29, 1.82) is 0 Å². The fraction of sp³-hybridized carbons (Fsp3) is 0.455. The SMILES string of the molecule is COc1ccc2c(c1)CCC[C@@H]2N.Cl. The Morgan fingerprint density at radius 3 is 2.93 bits per heavy atom. The van der Waals surface area contributed by atoms with Crippen molar-refractivity contribution in [3.63, 3.8) is 0 Å². The van der Waals surface area contributed by atoms with Crippen LogP contribution in [0.3, 0.4) is 0 Å². The van der Waals surface area contributed by atoms with Crippen molar-refractivity contribution >= 4 is 12.4 Å². The molecule has 0 bridgehead atoms. The molecule has 0 saturated heterocycles. The molecule has 0 amide bonds. The third kappa shape index (κ3) is 2.02. The monoisotopic (exact) mass is 213 g/mol. The summed E-state index contributed by atoms with van der Waals surface area (Å²) in [6.45, 7) is 0. The van der Waals surface area contributed by atoms with Gasteiger partial charge in [-0.05, 0) is 42.5 Å². The smallest absolute Gasteiger partial charge is 0.119 e. The van der Waals surface area contributed by atoms with E-state index in [1.165, 1.54) is 17.5 Å². The zero-order valence-electron chi connectivity index (χ0n) is 8.32. The second-order valence-electron chi connectivity index (χ2n) is 3.56. The van der Waals surface area contributed by atoms with Crippen molar-refractivity contribution < 1.29 is 4.74 Å². The normalized spacial score (nSPS) is 19.4. The molecule has 1 aromatic carbocycles. The van der Waals surface area contributed by atoms with Gasteiger partial charge in [0.15, 0.2) is 0 Å². The minimum absolute atomic E-state index is 0. The van der Waals surface area contributed by atoms with Gasteiger partial charge in [0.1, 0.15) is 5.75 Å². The Kier molecular flexibility index (Phi) is 3.78. The second kappa shape index (κ2) is 4.67. The van der Waals surface area contributed by atoms with Gasteiger partial charge in [-0.15, -0.1) is 12.4 Å². The van der Waals surface area contributed by atoms with Crippen molar-refractivity contribution in [3.05, 3.63) is 29.3 Å². The molecule has 2 rings (SSSR count). The first-order chi connectivity index (χ1) is 6.31. The number of benzene rings is 1. The predicted molar refractivity (Wildman–Crippen MR) is 60.1 cm³/mol. The van der Waals surface area contributed by atoms with Crippen LogP contribution in [0, 0.1) is 0 Å². The number of nitrogens with two attached hydrogens (primary N) is 1. The molecule has 2 nitrogen and oxygen atoms in total. The number of halogens is 1. The van der Waals surface area contributed by atoms with E-state index in [0.717, 1.165) is 18.6 Å². The lowest BCUT2D eigenvalue weighted by Gasteiger charge is -2.22. The maximum Gasteiger partial charge on any atom is 0.119 e. The summed E-state index contributed by atoms with van der Waals surface area (Å²) in [5.74, 6) is 0.938. The average molecular weight is 214 g/mol. The van der Waals surface area contributed by atoms with Gasteiger partial charge < -0.3 is 10.5 Å². The number of rotatable bonds is 1. The molecular weight excluding hydrogens is 198 g/mol. The highest BCUT2D eigenvalue weighted by Gasteiger charge is 2.16. The minimum Gasteiger partial charge on any atom is -0.497 e. The molecule has 1 aliphatic rings. The summed E-state index contributed by atoms with van der Waals surface area (Å²) < 4.78 is 5.17. The van der Waals surface area contributed by atoms with Crippen LogP contribution in [-0.2, 0) is 6.42 Å². The standard InChI is InChI=1S/C11H15NO.ClH/c1-13-9-5-6-10-8(7-9)3-2-4-11(10)12;/h5-7,11H,2-4,12H2,1H3;1H/t11-;/m0./s1. The van der Waals surface area contributed by atoms with Crippen molar-refractivity contribution in [2.75, 3.05) is 7.11 Å². The van der Waals surface area contributed by atoms with Crippen LogP contribution < -0.4 is 10.5 Å². The van der Waals surface area contributed by atoms with E-state index < -0.39 is 0 Å². The summed E-state index contributed by atoms with van der Waals surface area (Å²) in [5, 5.41) is 0. The Labute approximate surface area is 90.9 Å². The summed E-state index contributed by atoms with van der Waals surface area (Å²) in [6.07, 6.45) is 3.45. The van der Waals surface area contributed by atoms with Gasteiger partial charge >= 0.3 is 0 Å². The molecule has 0 radical (unpaired) electrons. The maximum atomic E-state index is 6.00. The van der Waals surface area contributed by atoms with Crippen LogP contribution in [0.25, 0.3) is 0 Å². The molecule has 14 heavy (non-hydrogen) atoms. The molecule has 0 heterocycles. The summed E-state index contributed by atoms with van der Waals surface area (Å²) in [6, 6.07) is 6.42. The molecule has 3 heteroatoms. The average Bonchev–Trinajstić information content (AvgIpc) is 2.18. The number of ether oxygens (including phenoxy) is 1. The molecule has 1 atom stereocenters. The van der Waals surface area contributed by atoms with Gasteiger partial charge in [-0.1, -0.05) is 6.07 Å². The van der Waals surface area contributed by atoms with Crippen LogP contribution >= 0.6 is 12.4 Å². The number of fused-ring (bicyclic) bond motifs is 1. The van der Waals surface area contributed by atoms with Gasteiger partial charge in [0.05, 0.1) is 7.11 Å². The van der Waals surface area contributed by atoms with E-state index in [9.17, 15) is 0 Å². The van der Waals surface area contributed by atoms with E-state index in [1.54, 1.807) is 7.11 Å². The molecular formula is C11H16ClNO. The van der Waals surface area contributed by atoms with Gasteiger partial charge in [-0.25, -0.2) is 0 Å². The molecule has 0 unspecified atom stereocenters. The Bertz CT molecular complexity index is 314. The number of hydrogen-bond acceptors (Lipinski definition) is 2. The third-order valence-corrected chi connectivity index (χ3v) is 2.71. The third-order valence-electron chi connectivity index (χ3n) is 2.71. The Morgan fingerprint density at radius 1 is 1.43 bits per heavy atom. The fourth-order valence-corrected chi connectivity index (χ4v) is 1.96. The molecule has 0 fully saturated rings. The first-order valence-corrected chi connectivity index (χ1v) is 4.73. The fourth-order valence-electron chi connectivity index (χ4n) is 1.96. The highest BCUT2D eigenvalue weighted by molar-refractivity contribution is 5.85. The quantitative estimate of drug-likeness (QED) is 0.778. The van der Waals surface area contributed by atoms with E-state index in [1.807, 2.05) is 6.07 Å². The lowest BCUT2D eigenvalue weighted by atomic mass is 9.88. The van der Waals surface area contributed by atoms with Gasteiger partial charge in [-0.3, -0.25) is 0 Å². The lowest BCUT2D eigenvalue weighted by Crippen LogP contribution is -2.17. The molecule has 78 valence electrons. The van der Waals surface area contributed by atoms with E-state index in [4.69, 9.17) is 10.5 Å². The zero-order valence-corrected chi connectivity index (χ0v) is 9.14. The van der Waals surface area contributed by atoms with Crippen molar-refractivity contribution in [2.24, 2.45) is 5.73 Å². The van der Waals surface area contributed by atoms with E-state index >= 15 is 0 Å². The molecule has 0 aliphatic heterocycles.